The molecule has 0 heterocycles. The largest absolute Gasteiger partial charge is 0.398 e. The second-order valence-electron chi connectivity index (χ2n) is 6.68. The lowest BCUT2D eigenvalue weighted by molar-refractivity contribution is 1.45. The van der Waals surface area contributed by atoms with E-state index < -0.39 is 0 Å². The Balaban J connectivity index is 1.92. The van der Waals surface area contributed by atoms with E-state index in [-0.39, 0.29) is 0 Å². The van der Waals surface area contributed by atoms with Crippen molar-refractivity contribution in [3.8, 4) is 22.3 Å². The molecule has 2 heteroatoms. The zero-order valence-corrected chi connectivity index (χ0v) is 15.3. The number of benzene rings is 4. The molecule has 4 aromatic rings. The number of rotatable bonds is 4. The van der Waals surface area contributed by atoms with Crippen molar-refractivity contribution in [2.45, 2.75) is 6.92 Å². The normalized spacial score (nSPS) is 10.6. The van der Waals surface area contributed by atoms with Crippen LogP contribution in [0.1, 0.15) is 5.56 Å². The maximum Gasteiger partial charge on any atom is 0.0471 e. The zero-order valence-electron chi connectivity index (χ0n) is 15.3. The van der Waals surface area contributed by atoms with Gasteiger partial charge in [-0.2, -0.15) is 0 Å². The molecule has 27 heavy (non-hydrogen) atoms. The van der Waals surface area contributed by atoms with Crippen LogP contribution in [0.4, 0.5) is 17.1 Å². The van der Waals surface area contributed by atoms with E-state index in [0.29, 0.717) is 0 Å². The van der Waals surface area contributed by atoms with Crippen LogP contribution >= 0.6 is 0 Å². The van der Waals surface area contributed by atoms with E-state index in [1.165, 1.54) is 5.56 Å². The van der Waals surface area contributed by atoms with Gasteiger partial charge in [-0.3, -0.25) is 0 Å². The van der Waals surface area contributed by atoms with Crippen molar-refractivity contribution in [2.75, 3.05) is 11.1 Å². The topological polar surface area (TPSA) is 38.0 Å². The van der Waals surface area contributed by atoms with E-state index in [1.54, 1.807) is 0 Å². The number of aryl methyl sites for hydroxylation is 1. The van der Waals surface area contributed by atoms with E-state index in [4.69, 9.17) is 5.73 Å². The smallest absolute Gasteiger partial charge is 0.0471 e. The van der Waals surface area contributed by atoms with Crippen LogP contribution in [0, 0.1) is 6.92 Å². The molecule has 3 N–H and O–H groups in total. The highest BCUT2D eigenvalue weighted by atomic mass is 14.9. The summed E-state index contributed by atoms with van der Waals surface area (Å²) in [5.74, 6) is 0. The molecule has 0 radical (unpaired) electrons. The van der Waals surface area contributed by atoms with Gasteiger partial charge in [0.05, 0.1) is 0 Å². The second-order valence-corrected chi connectivity index (χ2v) is 6.68. The summed E-state index contributed by atoms with van der Waals surface area (Å²) in [6.07, 6.45) is 0. The Kier molecular flexibility index (Phi) is 4.63. The molecule has 0 bridgehead atoms. The van der Waals surface area contributed by atoms with Crippen molar-refractivity contribution in [2.24, 2.45) is 0 Å². The summed E-state index contributed by atoms with van der Waals surface area (Å²) in [5, 5.41) is 3.58. The van der Waals surface area contributed by atoms with Gasteiger partial charge in [0.25, 0.3) is 0 Å². The standard InChI is InChI=1S/C25H22N2/c1-18-12-14-21(15-13-18)27-23-17-16-22(26)24(19-8-4-2-5-9-19)25(23)20-10-6-3-7-11-20/h2-17,27H,26H2,1H3. The fraction of sp³-hybridized carbons (Fsp3) is 0.0400. The number of nitrogens with two attached hydrogens (primary N) is 1. The Labute approximate surface area is 160 Å². The molecule has 4 aromatic carbocycles. The van der Waals surface area contributed by atoms with Gasteiger partial charge in [0.2, 0.25) is 0 Å². The zero-order chi connectivity index (χ0) is 18.6. The molecular formula is C25H22N2. The Hall–Kier alpha value is -3.52. The molecule has 132 valence electrons. The Morgan fingerprint density at radius 1 is 0.593 bits per heavy atom. The van der Waals surface area contributed by atoms with Gasteiger partial charge in [0.1, 0.15) is 0 Å². The first-order chi connectivity index (χ1) is 13.2. The first kappa shape index (κ1) is 16.9. The van der Waals surface area contributed by atoms with Crippen LogP contribution in [0.25, 0.3) is 22.3 Å². The minimum atomic E-state index is 0.773. The van der Waals surface area contributed by atoms with E-state index >= 15 is 0 Å². The van der Waals surface area contributed by atoms with Crippen molar-refractivity contribution < 1.29 is 0 Å². The fourth-order valence-electron chi connectivity index (χ4n) is 3.34. The highest BCUT2D eigenvalue weighted by Crippen LogP contribution is 2.42. The summed E-state index contributed by atoms with van der Waals surface area (Å²) in [4.78, 5) is 0. The van der Waals surface area contributed by atoms with Gasteiger partial charge in [0, 0.05) is 28.2 Å². The quantitative estimate of drug-likeness (QED) is 0.404. The SMILES string of the molecule is Cc1ccc(Nc2ccc(N)c(-c3ccccc3)c2-c2ccccc2)cc1. The molecule has 0 amide bonds. The number of nitrogen functional groups attached to an aromatic ring is 1. The number of nitrogens with one attached hydrogen (secondary N) is 1. The van der Waals surface area contributed by atoms with Gasteiger partial charge in [0.15, 0.2) is 0 Å². The van der Waals surface area contributed by atoms with Crippen molar-refractivity contribution >= 4 is 17.1 Å². The lowest BCUT2D eigenvalue weighted by Crippen LogP contribution is -1.99. The van der Waals surface area contributed by atoms with E-state index in [2.05, 4.69) is 79.0 Å². The highest BCUT2D eigenvalue weighted by Gasteiger charge is 2.15. The third-order valence-electron chi connectivity index (χ3n) is 4.69. The van der Waals surface area contributed by atoms with Crippen LogP contribution in [0.3, 0.4) is 0 Å². The van der Waals surface area contributed by atoms with Crippen LogP contribution < -0.4 is 11.1 Å². The van der Waals surface area contributed by atoms with Crippen molar-refractivity contribution in [1.82, 2.24) is 0 Å². The maximum absolute atomic E-state index is 6.45. The molecule has 0 aliphatic heterocycles. The predicted octanol–water partition coefficient (Wildman–Crippen LogP) is 6.65. The maximum atomic E-state index is 6.45. The number of hydrogen-bond donors (Lipinski definition) is 2. The van der Waals surface area contributed by atoms with Gasteiger partial charge in [-0.25, -0.2) is 0 Å². The van der Waals surface area contributed by atoms with Crippen LogP contribution in [0.2, 0.25) is 0 Å². The minimum Gasteiger partial charge on any atom is -0.398 e. The lowest BCUT2D eigenvalue weighted by Gasteiger charge is -2.19. The fourth-order valence-corrected chi connectivity index (χ4v) is 3.34. The van der Waals surface area contributed by atoms with E-state index in [9.17, 15) is 0 Å². The Morgan fingerprint density at radius 3 is 1.74 bits per heavy atom. The predicted molar refractivity (Wildman–Crippen MR) is 116 cm³/mol. The molecule has 0 unspecified atom stereocenters. The van der Waals surface area contributed by atoms with Gasteiger partial charge in [-0.05, 0) is 42.3 Å². The molecule has 0 saturated heterocycles. The first-order valence-corrected chi connectivity index (χ1v) is 9.09. The molecule has 0 atom stereocenters. The van der Waals surface area contributed by atoms with Crippen molar-refractivity contribution in [3.05, 3.63) is 103 Å². The third-order valence-corrected chi connectivity index (χ3v) is 4.69. The average molecular weight is 350 g/mol. The Morgan fingerprint density at radius 2 is 1.15 bits per heavy atom. The van der Waals surface area contributed by atoms with Gasteiger partial charge >= 0.3 is 0 Å². The van der Waals surface area contributed by atoms with Gasteiger partial charge in [-0.1, -0.05) is 78.4 Å². The molecule has 0 aromatic heterocycles. The van der Waals surface area contributed by atoms with Gasteiger partial charge in [-0.15, -0.1) is 0 Å². The number of hydrogen-bond acceptors (Lipinski definition) is 2. The molecule has 0 aliphatic carbocycles. The summed E-state index contributed by atoms with van der Waals surface area (Å²) in [7, 11) is 0. The molecule has 0 fully saturated rings. The molecule has 2 nitrogen and oxygen atoms in total. The molecule has 0 aliphatic rings. The summed E-state index contributed by atoms with van der Waals surface area (Å²) < 4.78 is 0. The minimum absolute atomic E-state index is 0.773. The van der Waals surface area contributed by atoms with Crippen LogP contribution in [-0.2, 0) is 0 Å². The summed E-state index contributed by atoms with van der Waals surface area (Å²) in [6, 6.07) is 33.2. The van der Waals surface area contributed by atoms with Crippen LogP contribution in [-0.4, -0.2) is 0 Å². The molecule has 4 rings (SSSR count). The lowest BCUT2D eigenvalue weighted by atomic mass is 9.91. The van der Waals surface area contributed by atoms with Gasteiger partial charge < -0.3 is 11.1 Å². The van der Waals surface area contributed by atoms with Crippen molar-refractivity contribution in [1.29, 1.82) is 0 Å². The first-order valence-electron chi connectivity index (χ1n) is 9.09. The Bertz CT molecular complexity index is 1040. The summed E-state index contributed by atoms with van der Waals surface area (Å²) in [5.41, 5.74) is 15.0. The van der Waals surface area contributed by atoms with E-state index in [1.807, 2.05) is 30.3 Å². The van der Waals surface area contributed by atoms with Crippen LogP contribution in [0.5, 0.6) is 0 Å². The average Bonchev–Trinajstić information content (AvgIpc) is 2.72. The monoisotopic (exact) mass is 350 g/mol. The molecular weight excluding hydrogens is 328 g/mol. The summed E-state index contributed by atoms with van der Waals surface area (Å²) >= 11 is 0. The third kappa shape index (κ3) is 3.56. The van der Waals surface area contributed by atoms with E-state index in [0.717, 1.165) is 39.3 Å². The number of anilines is 3. The molecule has 0 spiro atoms. The molecule has 0 saturated carbocycles. The van der Waals surface area contributed by atoms with Crippen molar-refractivity contribution in [3.63, 3.8) is 0 Å². The summed E-state index contributed by atoms with van der Waals surface area (Å²) in [6.45, 7) is 2.09. The second kappa shape index (κ2) is 7.38. The van der Waals surface area contributed by atoms with Crippen LogP contribution in [0.15, 0.2) is 97.1 Å². The highest BCUT2D eigenvalue weighted by molar-refractivity contribution is 5.98.